The van der Waals surface area contributed by atoms with Gasteiger partial charge in [0.05, 0.1) is 6.61 Å². The second-order valence-corrected chi connectivity index (χ2v) is 5.90. The Labute approximate surface area is 127 Å². The van der Waals surface area contributed by atoms with Gasteiger partial charge in [0.15, 0.2) is 0 Å². The van der Waals surface area contributed by atoms with E-state index in [1.54, 1.807) is 0 Å². The second kappa shape index (κ2) is 6.78. The molecular formula is C18H23NO2. The first-order chi connectivity index (χ1) is 10.0. The van der Waals surface area contributed by atoms with Crippen LogP contribution in [0.1, 0.15) is 48.2 Å². The summed E-state index contributed by atoms with van der Waals surface area (Å²) < 4.78 is 0. The van der Waals surface area contributed by atoms with Crippen LogP contribution in [-0.4, -0.2) is 35.1 Å². The predicted octanol–water partition coefficient (Wildman–Crippen LogP) is 2.60. The topological polar surface area (TPSA) is 40.5 Å². The van der Waals surface area contributed by atoms with Crippen LogP contribution < -0.4 is 0 Å². The molecule has 21 heavy (non-hydrogen) atoms. The predicted molar refractivity (Wildman–Crippen MR) is 84.0 cm³/mol. The number of likely N-dealkylation sites (tertiary alicyclic amines) is 1. The van der Waals surface area contributed by atoms with Gasteiger partial charge in [-0.15, -0.1) is 0 Å². The van der Waals surface area contributed by atoms with Gasteiger partial charge in [0.2, 0.25) is 0 Å². The van der Waals surface area contributed by atoms with Gasteiger partial charge in [0, 0.05) is 30.1 Å². The minimum atomic E-state index is 0.0633. The largest absolute Gasteiger partial charge is 0.395 e. The van der Waals surface area contributed by atoms with Crippen LogP contribution in [0.2, 0.25) is 0 Å². The van der Waals surface area contributed by atoms with E-state index in [-0.39, 0.29) is 12.5 Å². The lowest BCUT2D eigenvalue weighted by Crippen LogP contribution is -2.34. The highest BCUT2D eigenvalue weighted by Crippen LogP contribution is 2.25. The lowest BCUT2D eigenvalue weighted by Gasteiger charge is -2.22. The van der Waals surface area contributed by atoms with Gasteiger partial charge in [-0.05, 0) is 43.9 Å². The van der Waals surface area contributed by atoms with Gasteiger partial charge in [-0.1, -0.05) is 24.8 Å². The fourth-order valence-corrected chi connectivity index (χ4v) is 2.95. The van der Waals surface area contributed by atoms with Gasteiger partial charge < -0.3 is 10.0 Å². The third kappa shape index (κ3) is 3.46. The van der Waals surface area contributed by atoms with E-state index < -0.39 is 0 Å². The Morgan fingerprint density at radius 1 is 1.43 bits per heavy atom. The van der Waals surface area contributed by atoms with Gasteiger partial charge in [0.25, 0.3) is 5.91 Å². The molecule has 1 saturated heterocycles. The van der Waals surface area contributed by atoms with E-state index in [1.807, 2.05) is 30.0 Å². The normalized spacial score (nSPS) is 21.0. The van der Waals surface area contributed by atoms with Crippen molar-refractivity contribution in [1.29, 1.82) is 0 Å². The molecule has 112 valence electrons. The van der Waals surface area contributed by atoms with Crippen molar-refractivity contribution in [3.8, 4) is 11.8 Å². The molecule has 0 spiro atoms. The molecule has 0 aromatic heterocycles. The molecule has 1 aliphatic rings. The molecule has 2 rings (SSSR count). The summed E-state index contributed by atoms with van der Waals surface area (Å²) in [4.78, 5) is 14.7. The third-order valence-electron chi connectivity index (χ3n) is 4.07. The van der Waals surface area contributed by atoms with Crippen molar-refractivity contribution in [3.05, 3.63) is 34.9 Å². The zero-order valence-corrected chi connectivity index (χ0v) is 13.0. The minimum absolute atomic E-state index is 0.0633. The molecule has 1 heterocycles. The number of benzene rings is 1. The second-order valence-electron chi connectivity index (χ2n) is 5.90. The van der Waals surface area contributed by atoms with E-state index in [0.29, 0.717) is 18.4 Å². The third-order valence-corrected chi connectivity index (χ3v) is 4.07. The highest BCUT2D eigenvalue weighted by atomic mass is 16.2. The number of amides is 1. The van der Waals surface area contributed by atoms with Crippen molar-refractivity contribution in [2.75, 3.05) is 13.2 Å². The summed E-state index contributed by atoms with van der Waals surface area (Å²) in [5.74, 6) is 6.63. The first kappa shape index (κ1) is 15.6. The molecule has 3 nitrogen and oxygen atoms in total. The van der Waals surface area contributed by atoms with Crippen LogP contribution >= 0.6 is 0 Å². The van der Waals surface area contributed by atoms with Gasteiger partial charge in [-0.25, -0.2) is 0 Å². The maximum Gasteiger partial charge on any atom is 0.254 e. The Balaban J connectivity index is 2.26. The van der Waals surface area contributed by atoms with Crippen LogP contribution in [-0.2, 0) is 0 Å². The summed E-state index contributed by atoms with van der Waals surface area (Å²) in [6.07, 6.45) is 1.53. The van der Waals surface area contributed by atoms with Crippen LogP contribution in [0, 0.1) is 24.7 Å². The zero-order chi connectivity index (χ0) is 15.4. The van der Waals surface area contributed by atoms with E-state index in [9.17, 15) is 4.79 Å². The van der Waals surface area contributed by atoms with Gasteiger partial charge in [0.1, 0.15) is 0 Å². The Morgan fingerprint density at radius 3 is 2.81 bits per heavy atom. The maximum absolute atomic E-state index is 12.7. The first-order valence-electron chi connectivity index (χ1n) is 7.55. The number of carbonyl (C=O) groups is 1. The van der Waals surface area contributed by atoms with Crippen molar-refractivity contribution in [2.45, 2.75) is 39.7 Å². The Kier molecular flexibility index (Phi) is 5.03. The highest BCUT2D eigenvalue weighted by molar-refractivity contribution is 5.96. The Morgan fingerprint density at radius 2 is 2.19 bits per heavy atom. The van der Waals surface area contributed by atoms with Gasteiger partial charge >= 0.3 is 0 Å². The van der Waals surface area contributed by atoms with Crippen LogP contribution in [0.25, 0.3) is 0 Å². The summed E-state index contributed by atoms with van der Waals surface area (Å²) in [5.41, 5.74) is 2.54. The summed E-state index contributed by atoms with van der Waals surface area (Å²) in [6, 6.07) is 5.99. The number of rotatable bonds is 2. The average Bonchev–Trinajstić information content (AvgIpc) is 2.79. The molecule has 3 heteroatoms. The molecule has 1 aromatic rings. The number of aliphatic hydroxyl groups excluding tert-OH is 1. The molecule has 1 amide bonds. The fourth-order valence-electron chi connectivity index (χ4n) is 2.95. The van der Waals surface area contributed by atoms with E-state index in [1.165, 1.54) is 0 Å². The molecule has 0 radical (unpaired) electrons. The lowest BCUT2D eigenvalue weighted by molar-refractivity contribution is 0.0743. The average molecular weight is 285 g/mol. The molecule has 1 fully saturated rings. The summed E-state index contributed by atoms with van der Waals surface area (Å²) in [5, 5.41) is 8.79. The molecule has 0 aliphatic carbocycles. The van der Waals surface area contributed by atoms with Crippen LogP contribution in [0.5, 0.6) is 0 Å². The van der Waals surface area contributed by atoms with E-state index in [4.69, 9.17) is 5.11 Å². The van der Waals surface area contributed by atoms with Crippen molar-refractivity contribution in [1.82, 2.24) is 4.90 Å². The van der Waals surface area contributed by atoms with E-state index >= 15 is 0 Å². The Bertz CT molecular complexity index is 583. The summed E-state index contributed by atoms with van der Waals surface area (Å²) in [7, 11) is 0. The Hall–Kier alpha value is -1.79. The van der Waals surface area contributed by atoms with Gasteiger partial charge in [-0.2, -0.15) is 0 Å². The van der Waals surface area contributed by atoms with Crippen molar-refractivity contribution >= 4 is 5.91 Å². The molecule has 1 aliphatic heterocycles. The van der Waals surface area contributed by atoms with Crippen molar-refractivity contribution in [2.24, 2.45) is 5.92 Å². The van der Waals surface area contributed by atoms with Crippen LogP contribution in [0.4, 0.5) is 0 Å². The molecule has 0 saturated carbocycles. The SMILES string of the molecule is Cc1c(C#CCCO)cccc1C(=O)N1CC(C)CC1C. The molecule has 2 unspecified atom stereocenters. The number of carbonyl (C=O) groups excluding carboxylic acids is 1. The zero-order valence-electron chi connectivity index (χ0n) is 13.0. The van der Waals surface area contributed by atoms with Crippen LogP contribution in [0.3, 0.4) is 0 Å². The molecular weight excluding hydrogens is 262 g/mol. The summed E-state index contributed by atoms with van der Waals surface area (Å²) in [6.45, 7) is 7.14. The lowest BCUT2D eigenvalue weighted by atomic mass is 10.0. The maximum atomic E-state index is 12.7. The highest BCUT2D eigenvalue weighted by Gasteiger charge is 2.31. The molecule has 0 bridgehead atoms. The van der Waals surface area contributed by atoms with Crippen molar-refractivity contribution in [3.63, 3.8) is 0 Å². The molecule has 2 atom stereocenters. The van der Waals surface area contributed by atoms with Crippen LogP contribution in [0.15, 0.2) is 18.2 Å². The first-order valence-corrected chi connectivity index (χ1v) is 7.55. The number of hydrogen-bond acceptors (Lipinski definition) is 2. The number of aliphatic hydroxyl groups is 1. The number of nitrogens with zero attached hydrogens (tertiary/aromatic N) is 1. The molecule has 1 N–H and O–H groups in total. The minimum Gasteiger partial charge on any atom is -0.395 e. The van der Waals surface area contributed by atoms with Crippen molar-refractivity contribution < 1.29 is 9.90 Å². The summed E-state index contributed by atoms with van der Waals surface area (Å²) >= 11 is 0. The smallest absolute Gasteiger partial charge is 0.254 e. The number of hydrogen-bond donors (Lipinski definition) is 1. The van der Waals surface area contributed by atoms with Gasteiger partial charge in [-0.3, -0.25) is 4.79 Å². The van der Waals surface area contributed by atoms with E-state index in [2.05, 4.69) is 25.7 Å². The quantitative estimate of drug-likeness (QED) is 0.849. The monoisotopic (exact) mass is 285 g/mol. The molecule has 1 aromatic carbocycles. The fraction of sp³-hybridized carbons (Fsp3) is 0.500. The van der Waals surface area contributed by atoms with E-state index in [0.717, 1.165) is 29.7 Å². The standard InChI is InChI=1S/C18H23NO2/c1-13-11-14(2)19(12-13)18(21)17-9-6-8-16(15(17)3)7-4-5-10-20/h6,8-9,13-14,20H,5,10-12H2,1-3H3.